The van der Waals surface area contributed by atoms with E-state index in [0.717, 1.165) is 55.4 Å². The van der Waals surface area contributed by atoms with Gasteiger partial charge in [0, 0.05) is 24.2 Å². The number of carbonyl (C=O) groups excluding carboxylic acids is 1. The minimum Gasteiger partial charge on any atom is -0.369 e. The van der Waals surface area contributed by atoms with Crippen molar-refractivity contribution in [2.45, 2.75) is 69.4 Å². The molecule has 2 aromatic rings. The highest BCUT2D eigenvalue weighted by atomic mass is 16.1. The number of primary amides is 1. The number of aromatic amines is 1. The van der Waals surface area contributed by atoms with Crippen LogP contribution in [0.2, 0.25) is 0 Å². The normalized spacial score (nSPS) is 28.5. The van der Waals surface area contributed by atoms with E-state index in [1.807, 2.05) is 0 Å². The number of aromatic nitrogens is 3. The third-order valence-corrected chi connectivity index (χ3v) is 6.84. The van der Waals surface area contributed by atoms with Gasteiger partial charge in [0.05, 0.1) is 5.39 Å². The molecular formula is C21H32N6O. The lowest BCUT2D eigenvalue weighted by atomic mass is 9.78. The quantitative estimate of drug-likeness (QED) is 0.736. The first-order valence-corrected chi connectivity index (χ1v) is 10.6. The van der Waals surface area contributed by atoms with E-state index in [9.17, 15) is 4.79 Å². The molecule has 152 valence electrons. The van der Waals surface area contributed by atoms with Crippen molar-refractivity contribution in [2.24, 2.45) is 11.7 Å². The van der Waals surface area contributed by atoms with Crippen molar-refractivity contribution in [3.05, 3.63) is 18.1 Å². The van der Waals surface area contributed by atoms with Crippen LogP contribution in [0.5, 0.6) is 0 Å². The van der Waals surface area contributed by atoms with Crippen molar-refractivity contribution < 1.29 is 4.79 Å². The Balaban J connectivity index is 1.51. The van der Waals surface area contributed by atoms with E-state index >= 15 is 0 Å². The molecule has 0 bridgehead atoms. The summed E-state index contributed by atoms with van der Waals surface area (Å²) in [5.74, 6) is 1.26. The lowest BCUT2D eigenvalue weighted by Crippen LogP contribution is -2.36. The highest BCUT2D eigenvalue weighted by molar-refractivity contribution is 5.91. The second kappa shape index (κ2) is 8.07. The summed E-state index contributed by atoms with van der Waals surface area (Å²) >= 11 is 0. The first kappa shape index (κ1) is 19.2. The van der Waals surface area contributed by atoms with Crippen LogP contribution in [-0.2, 0) is 4.79 Å². The van der Waals surface area contributed by atoms with Gasteiger partial charge in [-0.15, -0.1) is 0 Å². The molecule has 28 heavy (non-hydrogen) atoms. The minimum atomic E-state index is -0.156. The van der Waals surface area contributed by atoms with Crippen LogP contribution in [0.3, 0.4) is 0 Å². The summed E-state index contributed by atoms with van der Waals surface area (Å²) < 4.78 is 0. The number of rotatable bonds is 5. The van der Waals surface area contributed by atoms with Gasteiger partial charge in [-0.2, -0.15) is 0 Å². The smallest absolute Gasteiger partial charge is 0.220 e. The maximum absolute atomic E-state index is 11.5. The van der Waals surface area contributed by atoms with Crippen LogP contribution in [0.25, 0.3) is 11.0 Å². The van der Waals surface area contributed by atoms with Crippen molar-refractivity contribution >= 4 is 22.8 Å². The molecule has 7 nitrogen and oxygen atoms in total. The number of nitrogens with one attached hydrogen (secondary N) is 2. The number of fused-ring (bicyclic) bond motifs is 1. The molecule has 4 rings (SSSR count). The lowest BCUT2D eigenvalue weighted by molar-refractivity contribution is -0.122. The Bertz CT molecular complexity index is 815. The second-order valence-electron chi connectivity index (χ2n) is 8.75. The van der Waals surface area contributed by atoms with Crippen LogP contribution >= 0.6 is 0 Å². The van der Waals surface area contributed by atoms with Gasteiger partial charge < -0.3 is 20.9 Å². The van der Waals surface area contributed by atoms with Gasteiger partial charge in [0.15, 0.2) is 0 Å². The van der Waals surface area contributed by atoms with Gasteiger partial charge >= 0.3 is 0 Å². The van der Waals surface area contributed by atoms with E-state index in [0.29, 0.717) is 18.0 Å². The third-order valence-electron chi connectivity index (χ3n) is 6.84. The highest BCUT2D eigenvalue weighted by Gasteiger charge is 2.29. The molecule has 0 saturated heterocycles. The van der Waals surface area contributed by atoms with Gasteiger partial charge in [-0.05, 0) is 76.9 Å². The number of nitrogens with zero attached hydrogens (tertiary/aromatic N) is 3. The first-order valence-electron chi connectivity index (χ1n) is 10.6. The van der Waals surface area contributed by atoms with Crippen molar-refractivity contribution in [1.29, 1.82) is 0 Å². The fraction of sp³-hybridized carbons (Fsp3) is 0.667. The summed E-state index contributed by atoms with van der Waals surface area (Å²) in [5, 5.41) is 4.84. The topological polar surface area (TPSA) is 99.9 Å². The number of H-pyrrole nitrogens is 1. The predicted octanol–water partition coefficient (Wildman–Crippen LogP) is 3.00. The Hall–Kier alpha value is -2.15. The number of hydrogen-bond donors (Lipinski definition) is 3. The maximum Gasteiger partial charge on any atom is 0.220 e. The fourth-order valence-electron chi connectivity index (χ4n) is 5.04. The van der Waals surface area contributed by atoms with Gasteiger partial charge in [-0.25, -0.2) is 9.97 Å². The fourth-order valence-corrected chi connectivity index (χ4v) is 5.04. The summed E-state index contributed by atoms with van der Waals surface area (Å²) in [7, 11) is 4.34. The van der Waals surface area contributed by atoms with Crippen molar-refractivity contribution in [3.8, 4) is 0 Å². The van der Waals surface area contributed by atoms with Crippen LogP contribution in [0.1, 0.15) is 62.8 Å². The van der Waals surface area contributed by atoms with Crippen LogP contribution in [0.15, 0.2) is 12.5 Å². The highest BCUT2D eigenvalue weighted by Crippen LogP contribution is 2.40. The number of carbonyl (C=O) groups is 1. The summed E-state index contributed by atoms with van der Waals surface area (Å²) in [6.07, 6.45) is 12.2. The zero-order valence-corrected chi connectivity index (χ0v) is 16.9. The molecule has 0 atom stereocenters. The van der Waals surface area contributed by atoms with Gasteiger partial charge in [0.25, 0.3) is 0 Å². The monoisotopic (exact) mass is 384 g/mol. The largest absolute Gasteiger partial charge is 0.369 e. The molecule has 7 heteroatoms. The lowest BCUT2D eigenvalue weighted by Gasteiger charge is -2.33. The predicted molar refractivity (Wildman–Crippen MR) is 111 cm³/mol. The molecule has 4 N–H and O–H groups in total. The molecule has 2 aliphatic rings. The Labute approximate surface area is 166 Å². The number of nitrogens with two attached hydrogens (primary N) is 1. The average Bonchev–Trinajstić information content (AvgIpc) is 3.14. The van der Waals surface area contributed by atoms with Crippen LogP contribution in [0.4, 0.5) is 5.82 Å². The molecule has 2 heterocycles. The number of anilines is 1. The summed E-state index contributed by atoms with van der Waals surface area (Å²) in [6, 6.07) is 1.15. The standard InChI is InChI=1S/C21H32N6O/c1-27(2)16-9-7-15(8-10-16)26-21-18-17(11-23-20(18)24-12-25-21)13-3-5-14(6-4-13)19(22)28/h11-16H,3-10H2,1-2H3,(H2,22,28)(H2,23,24,25,26). The van der Waals surface area contributed by atoms with E-state index in [-0.39, 0.29) is 11.8 Å². The average molecular weight is 385 g/mol. The molecule has 0 aliphatic heterocycles. The van der Waals surface area contributed by atoms with Gasteiger partial charge in [-0.1, -0.05) is 0 Å². The molecule has 0 unspecified atom stereocenters. The summed E-state index contributed by atoms with van der Waals surface area (Å²) in [5.41, 5.74) is 7.68. The molecule has 2 saturated carbocycles. The molecule has 1 amide bonds. The van der Waals surface area contributed by atoms with Crippen LogP contribution < -0.4 is 11.1 Å². The summed E-state index contributed by atoms with van der Waals surface area (Å²) in [6.45, 7) is 0. The number of hydrogen-bond acceptors (Lipinski definition) is 5. The Morgan fingerprint density at radius 2 is 1.82 bits per heavy atom. The maximum atomic E-state index is 11.5. The zero-order chi connectivity index (χ0) is 19.7. The van der Waals surface area contributed by atoms with E-state index in [4.69, 9.17) is 5.73 Å². The van der Waals surface area contributed by atoms with E-state index < -0.39 is 0 Å². The molecule has 2 aromatic heterocycles. The van der Waals surface area contributed by atoms with Gasteiger partial charge in [0.1, 0.15) is 17.8 Å². The third kappa shape index (κ3) is 3.85. The van der Waals surface area contributed by atoms with Crippen molar-refractivity contribution in [1.82, 2.24) is 19.9 Å². The number of amides is 1. The van der Waals surface area contributed by atoms with E-state index in [1.165, 1.54) is 18.4 Å². The zero-order valence-electron chi connectivity index (χ0n) is 16.9. The molecule has 2 aliphatic carbocycles. The van der Waals surface area contributed by atoms with Crippen molar-refractivity contribution in [2.75, 3.05) is 19.4 Å². The van der Waals surface area contributed by atoms with Crippen LogP contribution in [-0.4, -0.2) is 51.9 Å². The Kier molecular flexibility index (Phi) is 5.53. The van der Waals surface area contributed by atoms with Gasteiger partial charge in [0.2, 0.25) is 5.91 Å². The molecule has 0 aromatic carbocycles. The second-order valence-corrected chi connectivity index (χ2v) is 8.75. The molecule has 2 fully saturated rings. The Morgan fingerprint density at radius 1 is 1.11 bits per heavy atom. The van der Waals surface area contributed by atoms with Crippen molar-refractivity contribution in [3.63, 3.8) is 0 Å². The first-order chi connectivity index (χ1) is 13.5. The van der Waals surface area contributed by atoms with Gasteiger partial charge in [-0.3, -0.25) is 4.79 Å². The molecule has 0 radical (unpaired) electrons. The van der Waals surface area contributed by atoms with E-state index in [2.05, 4.69) is 45.5 Å². The molecule has 0 spiro atoms. The molecular weight excluding hydrogens is 352 g/mol. The Morgan fingerprint density at radius 3 is 2.46 bits per heavy atom. The SMILES string of the molecule is CN(C)C1CCC(Nc2ncnc3[nH]cc(C4CCC(C(N)=O)CC4)c23)CC1. The minimum absolute atomic E-state index is 0.0298. The van der Waals surface area contributed by atoms with Crippen LogP contribution in [0, 0.1) is 5.92 Å². The summed E-state index contributed by atoms with van der Waals surface area (Å²) in [4.78, 5) is 26.2. The van der Waals surface area contributed by atoms with E-state index in [1.54, 1.807) is 6.33 Å².